The Morgan fingerprint density at radius 2 is 1.74 bits per heavy atom. The monoisotopic (exact) mass is 517 g/mol. The summed E-state index contributed by atoms with van der Waals surface area (Å²) in [4.78, 5) is 14.1. The molecule has 1 atom stereocenters. The van der Waals surface area contributed by atoms with E-state index in [-0.39, 0.29) is 5.97 Å². The Morgan fingerprint density at radius 3 is 2.40 bits per heavy atom. The number of aliphatic hydroxyl groups excluding tert-OH is 1. The normalized spacial score (nSPS) is 16.3. The van der Waals surface area contributed by atoms with Crippen molar-refractivity contribution in [3.8, 4) is 5.75 Å². The van der Waals surface area contributed by atoms with E-state index in [0.29, 0.717) is 35.0 Å². The Labute approximate surface area is 217 Å². The lowest BCUT2D eigenvalue weighted by Gasteiger charge is -2.35. The smallest absolute Gasteiger partial charge is 0.338 e. The average molecular weight is 518 g/mol. The molecule has 1 N–H and O–H groups in total. The molecule has 188 valence electrons. The summed E-state index contributed by atoms with van der Waals surface area (Å²) in [6.45, 7) is 6.06. The summed E-state index contributed by atoms with van der Waals surface area (Å²) in [7, 11) is 1.66. The number of hydrogen-bond donors (Lipinski definition) is 1. The SMILES string of the molecule is COc1cccc(CCCC2=C(Cl)C=C(Cl)C(O)N2CCc2ccc(C(=O)OC(C)(C)C)cc2)c1. The van der Waals surface area contributed by atoms with Gasteiger partial charge in [-0.3, -0.25) is 0 Å². The van der Waals surface area contributed by atoms with Crippen molar-refractivity contribution in [3.63, 3.8) is 0 Å². The largest absolute Gasteiger partial charge is 0.497 e. The Kier molecular flexibility index (Phi) is 9.28. The number of hydrogen-bond acceptors (Lipinski definition) is 5. The van der Waals surface area contributed by atoms with Gasteiger partial charge in [-0.2, -0.15) is 0 Å². The summed E-state index contributed by atoms with van der Waals surface area (Å²) >= 11 is 12.8. The first kappa shape index (κ1) is 27.1. The second-order valence-electron chi connectivity index (χ2n) is 9.54. The predicted molar refractivity (Wildman–Crippen MR) is 141 cm³/mol. The lowest BCUT2D eigenvalue weighted by molar-refractivity contribution is 0.00695. The van der Waals surface area contributed by atoms with Gasteiger partial charge in [-0.05, 0) is 87.9 Å². The maximum Gasteiger partial charge on any atom is 0.338 e. The molecule has 1 aliphatic rings. The van der Waals surface area contributed by atoms with E-state index in [4.69, 9.17) is 32.7 Å². The topological polar surface area (TPSA) is 59.0 Å². The Morgan fingerprint density at radius 1 is 1.03 bits per heavy atom. The van der Waals surface area contributed by atoms with Crippen molar-refractivity contribution in [2.75, 3.05) is 13.7 Å². The molecule has 35 heavy (non-hydrogen) atoms. The van der Waals surface area contributed by atoms with Gasteiger partial charge in [0.2, 0.25) is 0 Å². The van der Waals surface area contributed by atoms with Crippen LogP contribution in [0.15, 0.2) is 70.4 Å². The number of ether oxygens (including phenoxy) is 2. The molecular weight excluding hydrogens is 485 g/mol. The molecule has 1 unspecified atom stereocenters. The minimum absolute atomic E-state index is 0.298. The lowest BCUT2D eigenvalue weighted by atomic mass is 10.0. The molecule has 1 aliphatic heterocycles. The number of aryl methyl sites for hydroxylation is 1. The van der Waals surface area contributed by atoms with E-state index in [0.717, 1.165) is 29.9 Å². The summed E-state index contributed by atoms with van der Waals surface area (Å²) < 4.78 is 10.7. The van der Waals surface area contributed by atoms with E-state index in [1.807, 2.05) is 56.0 Å². The zero-order chi connectivity index (χ0) is 25.6. The van der Waals surface area contributed by atoms with E-state index in [1.54, 1.807) is 25.3 Å². The van der Waals surface area contributed by atoms with Gasteiger partial charge in [-0.15, -0.1) is 0 Å². The van der Waals surface area contributed by atoms with Crippen molar-refractivity contribution >= 4 is 29.2 Å². The molecular formula is C28H33Cl2NO4. The van der Waals surface area contributed by atoms with Crippen LogP contribution < -0.4 is 4.74 Å². The highest BCUT2D eigenvalue weighted by Gasteiger charge is 2.27. The average Bonchev–Trinajstić information content (AvgIpc) is 2.81. The van der Waals surface area contributed by atoms with Gasteiger partial charge in [0.1, 0.15) is 11.4 Å². The number of methoxy groups -OCH3 is 1. The quantitative estimate of drug-likeness (QED) is 0.388. The van der Waals surface area contributed by atoms with E-state index >= 15 is 0 Å². The number of carbonyl (C=O) groups excluding carboxylic acids is 1. The van der Waals surface area contributed by atoms with Crippen molar-refractivity contribution in [1.29, 1.82) is 0 Å². The number of halogens is 2. The molecule has 0 saturated heterocycles. The predicted octanol–water partition coefficient (Wildman–Crippen LogP) is 6.42. The fourth-order valence-electron chi connectivity index (χ4n) is 3.91. The molecule has 2 aromatic carbocycles. The van der Waals surface area contributed by atoms with E-state index in [1.165, 1.54) is 5.56 Å². The summed E-state index contributed by atoms with van der Waals surface area (Å²) in [6.07, 6.45) is 3.76. The van der Waals surface area contributed by atoms with Crippen molar-refractivity contribution < 1.29 is 19.4 Å². The first-order chi connectivity index (χ1) is 16.6. The van der Waals surface area contributed by atoms with Crippen LogP contribution in [0.4, 0.5) is 0 Å². The Balaban J connectivity index is 1.64. The summed E-state index contributed by atoms with van der Waals surface area (Å²) in [5.74, 6) is 0.488. The van der Waals surface area contributed by atoms with Gasteiger partial charge in [0, 0.05) is 12.2 Å². The van der Waals surface area contributed by atoms with Gasteiger partial charge >= 0.3 is 5.97 Å². The molecule has 0 bridgehead atoms. The minimum atomic E-state index is -0.938. The molecule has 1 heterocycles. The third-order valence-electron chi connectivity index (χ3n) is 5.67. The number of rotatable bonds is 9. The Bertz CT molecular complexity index is 1090. The van der Waals surface area contributed by atoms with Gasteiger partial charge in [0.25, 0.3) is 0 Å². The molecule has 0 spiro atoms. The molecule has 0 saturated carbocycles. The summed E-state index contributed by atoms with van der Waals surface area (Å²) in [5.41, 5.74) is 3.05. The molecule has 0 fully saturated rings. The van der Waals surface area contributed by atoms with Crippen LogP contribution in [-0.2, 0) is 17.6 Å². The molecule has 0 aromatic heterocycles. The molecule has 7 heteroatoms. The molecule has 3 rings (SSSR count). The Hall–Kier alpha value is -2.47. The second-order valence-corrected chi connectivity index (χ2v) is 10.4. The number of nitrogens with zero attached hydrogens (tertiary/aromatic N) is 1. The third kappa shape index (κ3) is 7.76. The number of esters is 1. The van der Waals surface area contributed by atoms with E-state index < -0.39 is 11.8 Å². The maximum absolute atomic E-state index is 12.3. The zero-order valence-electron chi connectivity index (χ0n) is 20.7. The van der Waals surface area contributed by atoms with Crippen molar-refractivity contribution in [3.05, 3.63) is 87.1 Å². The van der Waals surface area contributed by atoms with Gasteiger partial charge in [0.15, 0.2) is 6.23 Å². The first-order valence-corrected chi connectivity index (χ1v) is 12.5. The summed E-state index contributed by atoms with van der Waals surface area (Å²) in [5, 5.41) is 11.6. The van der Waals surface area contributed by atoms with Gasteiger partial charge in [0.05, 0.1) is 22.7 Å². The molecule has 0 radical (unpaired) electrons. The van der Waals surface area contributed by atoms with Crippen LogP contribution in [0.1, 0.15) is 55.1 Å². The fraction of sp³-hybridized carbons (Fsp3) is 0.393. The van der Waals surface area contributed by atoms with Crippen molar-refractivity contribution in [2.24, 2.45) is 0 Å². The van der Waals surface area contributed by atoms with E-state index in [9.17, 15) is 9.90 Å². The van der Waals surface area contributed by atoms with Gasteiger partial charge < -0.3 is 19.5 Å². The fourth-order valence-corrected chi connectivity index (χ4v) is 4.52. The molecule has 0 amide bonds. The van der Waals surface area contributed by atoms with Crippen molar-refractivity contribution in [1.82, 2.24) is 4.90 Å². The summed E-state index contributed by atoms with van der Waals surface area (Å²) in [6, 6.07) is 15.3. The number of benzene rings is 2. The highest BCUT2D eigenvalue weighted by Crippen LogP contribution is 2.33. The standard InChI is InChI=1S/C28H33Cl2NO4/c1-28(2,3)35-27(33)21-13-11-19(12-14-21)15-16-31-25(23(29)18-24(30)26(31)32)10-6-8-20-7-5-9-22(17-20)34-4/h5,7,9,11-14,17-18,26,32H,6,8,10,15-16H2,1-4H3. The van der Waals surface area contributed by atoms with Crippen LogP contribution in [0.2, 0.25) is 0 Å². The van der Waals surface area contributed by atoms with Gasteiger partial charge in [-0.1, -0.05) is 47.5 Å². The van der Waals surface area contributed by atoms with Crippen molar-refractivity contribution in [2.45, 2.75) is 58.3 Å². The van der Waals surface area contributed by atoms with E-state index in [2.05, 4.69) is 6.07 Å². The molecule has 2 aromatic rings. The van der Waals surface area contributed by atoms with Crippen LogP contribution in [0.5, 0.6) is 5.75 Å². The van der Waals surface area contributed by atoms with Crippen LogP contribution in [0.3, 0.4) is 0 Å². The number of allylic oxidation sites excluding steroid dienone is 3. The van der Waals surface area contributed by atoms with Crippen LogP contribution in [0, 0.1) is 0 Å². The van der Waals surface area contributed by atoms with Crippen LogP contribution >= 0.6 is 23.2 Å². The third-order valence-corrected chi connectivity index (χ3v) is 6.30. The highest BCUT2D eigenvalue weighted by atomic mass is 35.5. The highest BCUT2D eigenvalue weighted by molar-refractivity contribution is 6.35. The number of carbonyl (C=O) groups is 1. The molecule has 5 nitrogen and oxygen atoms in total. The maximum atomic E-state index is 12.3. The second kappa shape index (κ2) is 12.0. The number of aliphatic hydroxyl groups is 1. The van der Waals surface area contributed by atoms with Crippen LogP contribution in [0.25, 0.3) is 0 Å². The molecule has 0 aliphatic carbocycles. The van der Waals surface area contributed by atoms with Crippen LogP contribution in [-0.4, -0.2) is 41.5 Å². The zero-order valence-corrected chi connectivity index (χ0v) is 22.2. The van der Waals surface area contributed by atoms with Gasteiger partial charge in [-0.25, -0.2) is 4.79 Å². The lowest BCUT2D eigenvalue weighted by Crippen LogP contribution is -2.38. The first-order valence-electron chi connectivity index (χ1n) is 11.7. The minimum Gasteiger partial charge on any atom is -0.497 e.